The molecule has 0 bridgehead atoms. The largest absolute Gasteiger partial charge is 0.492 e. The van der Waals surface area contributed by atoms with Gasteiger partial charge in [-0.05, 0) is 36.2 Å². The highest BCUT2D eigenvalue weighted by molar-refractivity contribution is 6.32. The molecule has 0 aliphatic rings. The van der Waals surface area contributed by atoms with Gasteiger partial charge in [-0.1, -0.05) is 41.4 Å². The molecular weight excluding hydrogens is 340 g/mol. The molecule has 122 valence electrons. The molecule has 2 aromatic carbocycles. The van der Waals surface area contributed by atoms with Gasteiger partial charge in [0.25, 0.3) is 0 Å². The van der Waals surface area contributed by atoms with E-state index in [1.165, 1.54) is 12.1 Å². The van der Waals surface area contributed by atoms with Crippen LogP contribution in [0.5, 0.6) is 5.75 Å². The molecule has 0 unspecified atom stereocenters. The number of rotatable bonds is 7. The lowest BCUT2D eigenvalue weighted by Gasteiger charge is -2.08. The van der Waals surface area contributed by atoms with Crippen molar-refractivity contribution in [3.63, 3.8) is 0 Å². The zero-order valence-electron chi connectivity index (χ0n) is 12.3. The van der Waals surface area contributed by atoms with E-state index in [-0.39, 0.29) is 10.9 Å². The SMILES string of the molecule is O=C(CCCOc1ccccc1Cl)NCc1ccc(F)c(Cl)c1. The lowest BCUT2D eigenvalue weighted by molar-refractivity contribution is -0.121. The molecule has 0 aromatic heterocycles. The van der Waals surface area contributed by atoms with E-state index in [9.17, 15) is 9.18 Å². The van der Waals surface area contributed by atoms with Gasteiger partial charge >= 0.3 is 0 Å². The van der Waals surface area contributed by atoms with Crippen molar-refractivity contribution >= 4 is 29.1 Å². The maximum absolute atomic E-state index is 13.0. The average Bonchev–Trinajstić information content (AvgIpc) is 2.54. The zero-order valence-corrected chi connectivity index (χ0v) is 13.8. The quantitative estimate of drug-likeness (QED) is 0.736. The molecule has 0 spiro atoms. The fraction of sp³-hybridized carbons (Fsp3) is 0.235. The first-order valence-corrected chi connectivity index (χ1v) is 7.90. The summed E-state index contributed by atoms with van der Waals surface area (Å²) in [5.74, 6) is 0.0298. The number of hydrogen-bond acceptors (Lipinski definition) is 2. The van der Waals surface area contributed by atoms with Crippen LogP contribution in [0.4, 0.5) is 4.39 Å². The number of carbonyl (C=O) groups excluding carboxylic acids is 1. The van der Waals surface area contributed by atoms with Crippen molar-refractivity contribution in [3.05, 3.63) is 63.9 Å². The molecule has 0 fully saturated rings. The first-order valence-electron chi connectivity index (χ1n) is 7.14. The smallest absolute Gasteiger partial charge is 0.220 e. The standard InChI is InChI=1S/C17H16Cl2FNO2/c18-13-4-1-2-5-16(13)23-9-3-6-17(22)21-11-12-7-8-15(20)14(19)10-12/h1-2,4-5,7-8,10H,3,6,9,11H2,(H,21,22). The summed E-state index contributed by atoms with van der Waals surface area (Å²) in [5.41, 5.74) is 0.747. The Morgan fingerprint density at radius 3 is 2.65 bits per heavy atom. The minimum absolute atomic E-state index is 0.0462. The van der Waals surface area contributed by atoms with Crippen LogP contribution in [-0.4, -0.2) is 12.5 Å². The first-order chi connectivity index (χ1) is 11.1. The second kappa shape index (κ2) is 8.75. The minimum atomic E-state index is -0.474. The van der Waals surface area contributed by atoms with E-state index in [0.717, 1.165) is 5.56 Å². The van der Waals surface area contributed by atoms with Gasteiger partial charge in [0.1, 0.15) is 11.6 Å². The Kier molecular flexibility index (Phi) is 6.68. The summed E-state index contributed by atoms with van der Waals surface area (Å²) < 4.78 is 18.5. The number of amides is 1. The van der Waals surface area contributed by atoms with E-state index >= 15 is 0 Å². The van der Waals surface area contributed by atoms with Gasteiger partial charge in [0, 0.05) is 13.0 Å². The van der Waals surface area contributed by atoms with Crippen molar-refractivity contribution in [1.29, 1.82) is 0 Å². The normalized spacial score (nSPS) is 10.4. The van der Waals surface area contributed by atoms with Crippen LogP contribution in [0.1, 0.15) is 18.4 Å². The summed E-state index contributed by atoms with van der Waals surface area (Å²) in [6.45, 7) is 0.712. The summed E-state index contributed by atoms with van der Waals surface area (Å²) in [4.78, 5) is 11.7. The van der Waals surface area contributed by atoms with Gasteiger partial charge in [-0.15, -0.1) is 0 Å². The van der Waals surface area contributed by atoms with Crippen molar-refractivity contribution in [2.75, 3.05) is 6.61 Å². The summed E-state index contributed by atoms with van der Waals surface area (Å²) in [5, 5.41) is 3.35. The van der Waals surface area contributed by atoms with Crippen LogP contribution in [0.3, 0.4) is 0 Å². The molecule has 0 heterocycles. The van der Waals surface area contributed by atoms with E-state index in [4.69, 9.17) is 27.9 Å². The molecule has 0 aliphatic heterocycles. The predicted octanol–water partition coefficient (Wildman–Crippen LogP) is 4.61. The second-order valence-corrected chi connectivity index (χ2v) is 5.72. The number of ether oxygens (including phenoxy) is 1. The Balaban J connectivity index is 1.67. The van der Waals surface area contributed by atoms with Crippen LogP contribution in [0.2, 0.25) is 10.0 Å². The maximum Gasteiger partial charge on any atom is 0.220 e. The molecule has 0 aliphatic carbocycles. The zero-order chi connectivity index (χ0) is 16.7. The van der Waals surface area contributed by atoms with E-state index in [1.54, 1.807) is 18.2 Å². The van der Waals surface area contributed by atoms with E-state index in [1.807, 2.05) is 12.1 Å². The van der Waals surface area contributed by atoms with E-state index in [2.05, 4.69) is 5.32 Å². The molecule has 2 aromatic rings. The monoisotopic (exact) mass is 355 g/mol. The Bertz CT molecular complexity index is 679. The number of hydrogen-bond donors (Lipinski definition) is 1. The van der Waals surface area contributed by atoms with Crippen molar-refractivity contribution in [1.82, 2.24) is 5.32 Å². The molecule has 0 atom stereocenters. The molecular formula is C17H16Cl2FNO2. The van der Waals surface area contributed by atoms with Crippen LogP contribution in [0.15, 0.2) is 42.5 Å². The van der Waals surface area contributed by atoms with Crippen molar-refractivity contribution in [3.8, 4) is 5.75 Å². The van der Waals surface area contributed by atoms with Crippen LogP contribution >= 0.6 is 23.2 Å². The fourth-order valence-corrected chi connectivity index (χ4v) is 2.31. The Hall–Kier alpha value is -1.78. The molecule has 0 saturated heterocycles. The molecule has 2 rings (SSSR count). The highest BCUT2D eigenvalue weighted by Gasteiger charge is 2.05. The number of nitrogens with one attached hydrogen (secondary N) is 1. The van der Waals surface area contributed by atoms with Gasteiger partial charge < -0.3 is 10.1 Å². The molecule has 3 nitrogen and oxygen atoms in total. The molecule has 0 radical (unpaired) electrons. The van der Waals surface area contributed by atoms with E-state index in [0.29, 0.717) is 36.8 Å². The predicted molar refractivity (Wildman–Crippen MR) is 89.4 cm³/mol. The van der Waals surface area contributed by atoms with Gasteiger partial charge in [-0.3, -0.25) is 4.79 Å². The minimum Gasteiger partial charge on any atom is -0.492 e. The molecule has 23 heavy (non-hydrogen) atoms. The molecule has 0 saturated carbocycles. The van der Waals surface area contributed by atoms with Crippen LogP contribution < -0.4 is 10.1 Å². The summed E-state index contributed by atoms with van der Waals surface area (Å²) >= 11 is 11.7. The number of carbonyl (C=O) groups is 1. The Morgan fingerprint density at radius 2 is 1.91 bits per heavy atom. The summed E-state index contributed by atoms with van der Waals surface area (Å²) in [6.07, 6.45) is 0.903. The Labute approximate surface area is 144 Å². The number of para-hydroxylation sites is 1. The topological polar surface area (TPSA) is 38.3 Å². The second-order valence-electron chi connectivity index (χ2n) is 4.91. The van der Waals surface area contributed by atoms with Crippen molar-refractivity contribution < 1.29 is 13.9 Å². The highest BCUT2D eigenvalue weighted by atomic mass is 35.5. The van der Waals surface area contributed by atoms with Crippen LogP contribution in [-0.2, 0) is 11.3 Å². The Morgan fingerprint density at radius 1 is 1.13 bits per heavy atom. The van der Waals surface area contributed by atoms with Crippen LogP contribution in [0, 0.1) is 5.82 Å². The number of halogens is 3. The van der Waals surface area contributed by atoms with Crippen molar-refractivity contribution in [2.24, 2.45) is 0 Å². The third-order valence-corrected chi connectivity index (χ3v) is 3.72. The summed E-state index contributed by atoms with van der Waals surface area (Å²) in [7, 11) is 0. The van der Waals surface area contributed by atoms with E-state index < -0.39 is 5.82 Å². The lowest BCUT2D eigenvalue weighted by Crippen LogP contribution is -2.23. The fourth-order valence-electron chi connectivity index (χ4n) is 1.92. The molecule has 6 heteroatoms. The highest BCUT2D eigenvalue weighted by Crippen LogP contribution is 2.23. The van der Waals surface area contributed by atoms with Gasteiger partial charge in [-0.2, -0.15) is 0 Å². The molecule has 1 amide bonds. The van der Waals surface area contributed by atoms with Crippen LogP contribution in [0.25, 0.3) is 0 Å². The van der Waals surface area contributed by atoms with Gasteiger partial charge in [0.15, 0.2) is 0 Å². The average molecular weight is 356 g/mol. The third kappa shape index (κ3) is 5.73. The first kappa shape index (κ1) is 17.6. The third-order valence-electron chi connectivity index (χ3n) is 3.12. The number of benzene rings is 2. The van der Waals surface area contributed by atoms with Gasteiger partial charge in [-0.25, -0.2) is 4.39 Å². The maximum atomic E-state index is 13.0. The summed E-state index contributed by atoms with van der Waals surface area (Å²) in [6, 6.07) is 11.5. The van der Waals surface area contributed by atoms with Gasteiger partial charge in [0.2, 0.25) is 5.91 Å². The molecule has 1 N–H and O–H groups in total. The lowest BCUT2D eigenvalue weighted by atomic mass is 10.2. The van der Waals surface area contributed by atoms with Gasteiger partial charge in [0.05, 0.1) is 16.7 Å². The van der Waals surface area contributed by atoms with Crippen molar-refractivity contribution in [2.45, 2.75) is 19.4 Å².